The third-order valence-corrected chi connectivity index (χ3v) is 4.46. The number of H-pyrrole nitrogens is 1. The first-order valence-electron chi connectivity index (χ1n) is 8.37. The third-order valence-electron chi connectivity index (χ3n) is 4.23. The molecular weight excluding hydrogens is 360 g/mol. The van der Waals surface area contributed by atoms with Crippen molar-refractivity contribution in [3.8, 4) is 0 Å². The molecule has 132 valence electrons. The Balaban J connectivity index is 1.94. The smallest absolute Gasteiger partial charge is 0.200 e. The molecule has 0 radical (unpaired) electrons. The van der Waals surface area contributed by atoms with Gasteiger partial charge in [-0.1, -0.05) is 72.3 Å². The molecule has 0 spiro atoms. The van der Waals surface area contributed by atoms with Gasteiger partial charge >= 0.3 is 0 Å². The quantitative estimate of drug-likeness (QED) is 0.280. The number of benzene rings is 3. The SMILES string of the molecule is O=C(C(=C(O)c1ccccc1)c1nc2ccc(Cl)cc2[nH]1)c1ccccc1. The number of carbonyl (C=O) groups excluding carboxylic acids is 1. The fraction of sp³-hybridized carbons (Fsp3) is 0. The highest BCUT2D eigenvalue weighted by atomic mass is 35.5. The highest BCUT2D eigenvalue weighted by Crippen LogP contribution is 2.28. The predicted octanol–water partition coefficient (Wildman–Crippen LogP) is 5.53. The van der Waals surface area contributed by atoms with Crippen LogP contribution in [0.4, 0.5) is 0 Å². The zero-order valence-corrected chi connectivity index (χ0v) is 14.9. The molecule has 3 aromatic carbocycles. The van der Waals surface area contributed by atoms with Crippen molar-refractivity contribution in [3.63, 3.8) is 0 Å². The summed E-state index contributed by atoms with van der Waals surface area (Å²) in [7, 11) is 0. The van der Waals surface area contributed by atoms with Gasteiger partial charge in [0.25, 0.3) is 0 Å². The standard InChI is InChI=1S/C22H15ClN2O2/c23-16-11-12-17-18(13-16)25-22(24-17)19(20(26)14-7-3-1-4-8-14)21(27)15-9-5-2-6-10-15/h1-13,26H,(H,24,25). The van der Waals surface area contributed by atoms with E-state index in [1.54, 1.807) is 66.7 Å². The summed E-state index contributed by atoms with van der Waals surface area (Å²) in [4.78, 5) is 20.8. The van der Waals surface area contributed by atoms with Crippen LogP contribution >= 0.6 is 11.6 Å². The average Bonchev–Trinajstić information content (AvgIpc) is 3.11. The Labute approximate surface area is 160 Å². The molecule has 4 nitrogen and oxygen atoms in total. The Hall–Kier alpha value is -3.37. The van der Waals surface area contributed by atoms with E-state index in [4.69, 9.17) is 11.6 Å². The summed E-state index contributed by atoms with van der Waals surface area (Å²) in [5, 5.41) is 11.5. The summed E-state index contributed by atoms with van der Waals surface area (Å²) in [5.41, 5.74) is 2.47. The third kappa shape index (κ3) is 3.35. The molecule has 4 rings (SSSR count). The summed E-state index contributed by atoms with van der Waals surface area (Å²) in [6.45, 7) is 0. The van der Waals surface area contributed by atoms with E-state index in [9.17, 15) is 9.90 Å². The van der Waals surface area contributed by atoms with Crippen molar-refractivity contribution in [3.05, 3.63) is 101 Å². The van der Waals surface area contributed by atoms with Gasteiger partial charge in [0.05, 0.1) is 11.0 Å². The number of nitrogens with zero attached hydrogens (tertiary/aromatic N) is 1. The Morgan fingerprint density at radius 3 is 2.19 bits per heavy atom. The van der Waals surface area contributed by atoms with Crippen molar-refractivity contribution >= 4 is 39.7 Å². The van der Waals surface area contributed by atoms with Crippen LogP contribution in [-0.4, -0.2) is 20.9 Å². The maximum absolute atomic E-state index is 13.2. The molecule has 27 heavy (non-hydrogen) atoms. The van der Waals surface area contributed by atoms with E-state index in [0.29, 0.717) is 33.0 Å². The minimum Gasteiger partial charge on any atom is -0.506 e. The molecule has 4 aromatic rings. The second kappa shape index (κ2) is 7.09. The van der Waals surface area contributed by atoms with E-state index >= 15 is 0 Å². The molecule has 0 aliphatic rings. The first-order valence-corrected chi connectivity index (χ1v) is 8.75. The summed E-state index contributed by atoms with van der Waals surface area (Å²) in [6, 6.07) is 23.0. The molecule has 0 aliphatic carbocycles. The number of Topliss-reactive ketones (excluding diaryl/α,β-unsaturated/α-hetero) is 1. The zero-order chi connectivity index (χ0) is 18.8. The maximum Gasteiger partial charge on any atom is 0.200 e. The number of ketones is 1. The lowest BCUT2D eigenvalue weighted by Gasteiger charge is -2.09. The maximum atomic E-state index is 13.2. The van der Waals surface area contributed by atoms with E-state index in [0.717, 1.165) is 0 Å². The molecule has 0 saturated heterocycles. The van der Waals surface area contributed by atoms with Crippen molar-refractivity contribution in [1.29, 1.82) is 0 Å². The molecule has 0 saturated carbocycles. The van der Waals surface area contributed by atoms with Crippen LogP contribution in [0.2, 0.25) is 5.02 Å². The summed E-state index contributed by atoms with van der Waals surface area (Å²) in [5.74, 6) is -0.154. The number of aliphatic hydroxyl groups is 1. The highest BCUT2D eigenvalue weighted by Gasteiger charge is 2.23. The normalized spacial score (nSPS) is 12.0. The molecule has 0 amide bonds. The number of aliphatic hydroxyl groups excluding tert-OH is 1. The Bertz CT molecular complexity index is 1150. The monoisotopic (exact) mass is 374 g/mol. The molecule has 2 N–H and O–H groups in total. The molecule has 0 unspecified atom stereocenters. The van der Waals surface area contributed by atoms with Gasteiger partial charge < -0.3 is 10.1 Å². The summed E-state index contributed by atoms with van der Waals surface area (Å²) < 4.78 is 0. The Morgan fingerprint density at radius 1 is 0.889 bits per heavy atom. The van der Waals surface area contributed by atoms with Crippen LogP contribution < -0.4 is 0 Å². The molecule has 5 heteroatoms. The van der Waals surface area contributed by atoms with E-state index in [-0.39, 0.29) is 17.1 Å². The van der Waals surface area contributed by atoms with Crippen LogP contribution in [0, 0.1) is 0 Å². The van der Waals surface area contributed by atoms with Crippen LogP contribution in [0.15, 0.2) is 78.9 Å². The van der Waals surface area contributed by atoms with E-state index in [2.05, 4.69) is 9.97 Å². The van der Waals surface area contributed by atoms with Gasteiger partial charge in [-0.2, -0.15) is 0 Å². The van der Waals surface area contributed by atoms with Crippen molar-refractivity contribution in [1.82, 2.24) is 9.97 Å². The fourth-order valence-electron chi connectivity index (χ4n) is 2.90. The number of allylic oxidation sites excluding steroid dienone is 1. The van der Waals surface area contributed by atoms with Gasteiger partial charge in [0.1, 0.15) is 17.2 Å². The molecule has 0 fully saturated rings. The van der Waals surface area contributed by atoms with Gasteiger partial charge in [-0.15, -0.1) is 0 Å². The van der Waals surface area contributed by atoms with Crippen molar-refractivity contribution in [2.75, 3.05) is 0 Å². The minimum atomic E-state index is -0.317. The highest BCUT2D eigenvalue weighted by molar-refractivity contribution is 6.33. The van der Waals surface area contributed by atoms with Crippen LogP contribution in [0.1, 0.15) is 21.7 Å². The van der Waals surface area contributed by atoms with Crippen LogP contribution in [-0.2, 0) is 0 Å². The number of halogens is 1. The number of aromatic nitrogens is 2. The lowest BCUT2D eigenvalue weighted by molar-refractivity contribution is 0.105. The number of aromatic amines is 1. The van der Waals surface area contributed by atoms with Gasteiger partial charge in [0, 0.05) is 16.1 Å². The van der Waals surface area contributed by atoms with Gasteiger partial charge in [-0.05, 0) is 18.2 Å². The van der Waals surface area contributed by atoms with E-state index in [1.165, 1.54) is 0 Å². The lowest BCUT2D eigenvalue weighted by atomic mass is 9.99. The molecule has 0 atom stereocenters. The molecule has 1 heterocycles. The average molecular weight is 375 g/mol. The van der Waals surface area contributed by atoms with E-state index in [1.807, 2.05) is 12.1 Å². The lowest BCUT2D eigenvalue weighted by Crippen LogP contribution is -2.07. The Morgan fingerprint density at radius 2 is 1.52 bits per heavy atom. The van der Waals surface area contributed by atoms with Gasteiger partial charge in [0.2, 0.25) is 5.78 Å². The van der Waals surface area contributed by atoms with Crippen LogP contribution in [0.3, 0.4) is 0 Å². The van der Waals surface area contributed by atoms with Crippen LogP contribution in [0.5, 0.6) is 0 Å². The van der Waals surface area contributed by atoms with Gasteiger partial charge in [0.15, 0.2) is 0 Å². The zero-order valence-electron chi connectivity index (χ0n) is 14.2. The number of hydrogen-bond donors (Lipinski definition) is 2. The van der Waals surface area contributed by atoms with E-state index < -0.39 is 0 Å². The summed E-state index contributed by atoms with van der Waals surface area (Å²) >= 11 is 6.05. The van der Waals surface area contributed by atoms with Crippen molar-refractivity contribution in [2.45, 2.75) is 0 Å². The molecular formula is C22H15ClN2O2. The van der Waals surface area contributed by atoms with Gasteiger partial charge in [-0.25, -0.2) is 4.98 Å². The largest absolute Gasteiger partial charge is 0.506 e. The number of nitrogens with one attached hydrogen (secondary N) is 1. The second-order valence-electron chi connectivity index (χ2n) is 6.03. The number of hydrogen-bond acceptors (Lipinski definition) is 3. The first kappa shape index (κ1) is 17.1. The number of rotatable bonds is 4. The topological polar surface area (TPSA) is 66.0 Å². The Kier molecular flexibility index (Phi) is 4.48. The number of carbonyl (C=O) groups is 1. The second-order valence-corrected chi connectivity index (χ2v) is 6.47. The molecule has 0 aliphatic heterocycles. The van der Waals surface area contributed by atoms with Crippen molar-refractivity contribution < 1.29 is 9.90 Å². The van der Waals surface area contributed by atoms with Gasteiger partial charge in [-0.3, -0.25) is 4.79 Å². The van der Waals surface area contributed by atoms with Crippen molar-refractivity contribution in [2.24, 2.45) is 0 Å². The number of imidazole rings is 1. The van der Waals surface area contributed by atoms with Crippen LogP contribution in [0.25, 0.3) is 22.4 Å². The fourth-order valence-corrected chi connectivity index (χ4v) is 3.07. The summed E-state index contributed by atoms with van der Waals surface area (Å²) in [6.07, 6.45) is 0. The number of fused-ring (bicyclic) bond motifs is 1. The first-order chi connectivity index (χ1) is 13.1. The molecule has 1 aromatic heterocycles. The minimum absolute atomic E-state index is 0.111. The predicted molar refractivity (Wildman–Crippen MR) is 108 cm³/mol. The molecule has 0 bridgehead atoms.